The number of hydrogen-bond acceptors (Lipinski definition) is 4. The van der Waals surface area contributed by atoms with Crippen molar-refractivity contribution in [2.45, 2.75) is 11.8 Å². The molecule has 0 heterocycles. The molecule has 1 aromatic rings. The van der Waals surface area contributed by atoms with Crippen LogP contribution in [0.1, 0.15) is 5.56 Å². The lowest BCUT2D eigenvalue weighted by Crippen LogP contribution is -2.12. The first-order chi connectivity index (χ1) is 6.73. The monoisotopic (exact) mass is 250 g/mol. The molecule has 8 heteroatoms. The van der Waals surface area contributed by atoms with Gasteiger partial charge in [0.15, 0.2) is 0 Å². The molecule has 0 aliphatic heterocycles. The van der Waals surface area contributed by atoms with Crippen molar-refractivity contribution in [2.75, 3.05) is 0 Å². The molecule has 0 unspecified atom stereocenters. The third kappa shape index (κ3) is 2.44. The molecule has 0 saturated carbocycles. The average Bonchev–Trinajstić information content (AvgIpc) is 2.06. The Labute approximate surface area is 90.9 Å². The lowest BCUT2D eigenvalue weighted by molar-refractivity contribution is -0.385. The smallest absolute Gasteiger partial charge is 0.258 e. The van der Waals surface area contributed by atoms with Gasteiger partial charge < -0.3 is 0 Å². The summed E-state index contributed by atoms with van der Waals surface area (Å²) in [5, 5.41) is 15.3. The van der Waals surface area contributed by atoms with Gasteiger partial charge in [0.25, 0.3) is 5.69 Å². The second kappa shape index (κ2) is 3.76. The van der Waals surface area contributed by atoms with Crippen molar-refractivity contribution in [1.82, 2.24) is 0 Å². The summed E-state index contributed by atoms with van der Waals surface area (Å²) in [6.07, 6.45) is 0. The number of nitro groups is 1. The van der Waals surface area contributed by atoms with Gasteiger partial charge in [0.1, 0.15) is 5.02 Å². The van der Waals surface area contributed by atoms with Gasteiger partial charge in [-0.25, -0.2) is 13.6 Å². The van der Waals surface area contributed by atoms with E-state index in [1.54, 1.807) is 0 Å². The van der Waals surface area contributed by atoms with Crippen LogP contribution in [-0.2, 0) is 10.0 Å². The van der Waals surface area contributed by atoms with Gasteiger partial charge in [-0.3, -0.25) is 10.1 Å². The quantitative estimate of drug-likeness (QED) is 0.629. The Morgan fingerprint density at radius 2 is 2.00 bits per heavy atom. The average molecular weight is 251 g/mol. The maximum Gasteiger partial charge on any atom is 0.289 e. The first-order valence-corrected chi connectivity index (χ1v) is 5.63. The Hall–Kier alpha value is -1.18. The minimum Gasteiger partial charge on any atom is -0.258 e. The Morgan fingerprint density at radius 3 is 2.40 bits per heavy atom. The molecule has 0 bridgehead atoms. The predicted molar refractivity (Wildman–Crippen MR) is 54.2 cm³/mol. The van der Waals surface area contributed by atoms with Gasteiger partial charge >= 0.3 is 0 Å². The summed E-state index contributed by atoms with van der Waals surface area (Å²) in [4.78, 5) is 9.46. The number of nitro benzene ring substituents is 1. The van der Waals surface area contributed by atoms with E-state index in [2.05, 4.69) is 0 Å². The maximum absolute atomic E-state index is 11.0. The van der Waals surface area contributed by atoms with Crippen LogP contribution >= 0.6 is 11.6 Å². The molecular weight excluding hydrogens is 244 g/mol. The SMILES string of the molecule is Cc1cc(S(N)(=O)=O)cc([N+](=O)[O-])c1Cl. The molecule has 0 aliphatic carbocycles. The highest BCUT2D eigenvalue weighted by molar-refractivity contribution is 7.89. The number of benzene rings is 1. The predicted octanol–water partition coefficient (Wildman–Crippen LogP) is 1.20. The normalized spacial score (nSPS) is 11.4. The molecular formula is C7H7ClN2O4S. The molecule has 2 N–H and O–H groups in total. The van der Waals surface area contributed by atoms with E-state index >= 15 is 0 Å². The fourth-order valence-electron chi connectivity index (χ4n) is 1.02. The van der Waals surface area contributed by atoms with Crippen LogP contribution in [0.3, 0.4) is 0 Å². The summed E-state index contributed by atoms with van der Waals surface area (Å²) < 4.78 is 22.0. The molecule has 0 spiro atoms. The van der Waals surface area contributed by atoms with Crippen molar-refractivity contribution < 1.29 is 13.3 Å². The highest BCUT2D eigenvalue weighted by atomic mass is 35.5. The van der Waals surface area contributed by atoms with E-state index in [-0.39, 0.29) is 15.5 Å². The Balaban J connectivity index is 3.57. The summed E-state index contributed by atoms with van der Waals surface area (Å²) in [7, 11) is -3.96. The zero-order valence-corrected chi connectivity index (χ0v) is 9.17. The molecule has 1 aromatic carbocycles. The molecule has 0 saturated heterocycles. The van der Waals surface area contributed by atoms with Crippen LogP contribution in [0.25, 0.3) is 0 Å². The Kier molecular flexibility index (Phi) is 2.98. The number of aryl methyl sites for hydroxylation is 1. The van der Waals surface area contributed by atoms with Crippen LogP contribution in [0.2, 0.25) is 5.02 Å². The van der Waals surface area contributed by atoms with Gasteiger partial charge in [0.2, 0.25) is 10.0 Å². The first kappa shape index (κ1) is 11.9. The number of nitrogens with two attached hydrogens (primary N) is 1. The van der Waals surface area contributed by atoms with Crippen LogP contribution < -0.4 is 5.14 Å². The van der Waals surface area contributed by atoms with E-state index in [0.29, 0.717) is 0 Å². The highest BCUT2D eigenvalue weighted by Crippen LogP contribution is 2.30. The van der Waals surface area contributed by atoms with E-state index in [0.717, 1.165) is 6.07 Å². The number of rotatable bonds is 2. The summed E-state index contributed by atoms with van der Waals surface area (Å²) >= 11 is 5.63. The van der Waals surface area contributed by atoms with Crippen molar-refractivity contribution in [3.8, 4) is 0 Å². The zero-order chi connectivity index (χ0) is 11.8. The van der Waals surface area contributed by atoms with Crippen LogP contribution in [0.4, 0.5) is 5.69 Å². The molecule has 0 radical (unpaired) electrons. The zero-order valence-electron chi connectivity index (χ0n) is 7.60. The van der Waals surface area contributed by atoms with Gasteiger partial charge in [-0.1, -0.05) is 11.6 Å². The molecule has 0 aromatic heterocycles. The first-order valence-electron chi connectivity index (χ1n) is 3.71. The molecule has 6 nitrogen and oxygen atoms in total. The third-order valence-corrected chi connectivity index (χ3v) is 3.12. The molecule has 82 valence electrons. The lowest BCUT2D eigenvalue weighted by Gasteiger charge is -2.03. The highest BCUT2D eigenvalue weighted by Gasteiger charge is 2.20. The van der Waals surface area contributed by atoms with Crippen molar-refractivity contribution in [3.63, 3.8) is 0 Å². The summed E-state index contributed by atoms with van der Waals surface area (Å²) in [6, 6.07) is 2.02. The van der Waals surface area contributed by atoms with Crippen LogP contribution in [0.15, 0.2) is 17.0 Å². The summed E-state index contributed by atoms with van der Waals surface area (Å²) in [5.41, 5.74) is -0.185. The summed E-state index contributed by atoms with van der Waals surface area (Å²) in [6.45, 7) is 1.46. The van der Waals surface area contributed by atoms with Gasteiger partial charge in [-0.05, 0) is 18.6 Å². The van der Waals surface area contributed by atoms with Gasteiger partial charge in [0, 0.05) is 6.07 Å². The minimum absolute atomic E-state index is 0.0904. The summed E-state index contributed by atoms with van der Waals surface area (Å²) in [5.74, 6) is 0. The van der Waals surface area contributed by atoms with E-state index < -0.39 is 20.6 Å². The van der Waals surface area contributed by atoms with Crippen LogP contribution in [-0.4, -0.2) is 13.3 Å². The Bertz CT molecular complexity index is 526. The van der Waals surface area contributed by atoms with E-state index in [4.69, 9.17) is 16.7 Å². The van der Waals surface area contributed by atoms with E-state index in [9.17, 15) is 18.5 Å². The topological polar surface area (TPSA) is 103 Å². The molecule has 0 fully saturated rings. The molecule has 1 rings (SSSR count). The molecule has 0 aliphatic rings. The maximum atomic E-state index is 11.0. The Morgan fingerprint density at radius 1 is 1.47 bits per heavy atom. The van der Waals surface area contributed by atoms with Crippen LogP contribution in [0.5, 0.6) is 0 Å². The number of sulfonamides is 1. The molecule has 0 atom stereocenters. The van der Waals surface area contributed by atoms with Gasteiger partial charge in [0.05, 0.1) is 9.82 Å². The number of halogens is 1. The van der Waals surface area contributed by atoms with E-state index in [1.165, 1.54) is 13.0 Å². The lowest BCUT2D eigenvalue weighted by atomic mass is 10.2. The van der Waals surface area contributed by atoms with Gasteiger partial charge in [-0.2, -0.15) is 0 Å². The number of hydrogen-bond donors (Lipinski definition) is 1. The van der Waals surface area contributed by atoms with Crippen LogP contribution in [0, 0.1) is 17.0 Å². The van der Waals surface area contributed by atoms with E-state index in [1.807, 2.05) is 0 Å². The van der Waals surface area contributed by atoms with Crippen molar-refractivity contribution in [3.05, 3.63) is 32.8 Å². The fourth-order valence-corrected chi connectivity index (χ4v) is 1.81. The third-order valence-electron chi connectivity index (χ3n) is 1.73. The largest absolute Gasteiger partial charge is 0.289 e. The van der Waals surface area contributed by atoms with Crippen molar-refractivity contribution in [2.24, 2.45) is 5.14 Å². The number of primary sulfonamides is 1. The second-order valence-electron chi connectivity index (χ2n) is 2.88. The molecule has 0 amide bonds. The molecule has 15 heavy (non-hydrogen) atoms. The van der Waals surface area contributed by atoms with Crippen molar-refractivity contribution >= 4 is 27.3 Å². The number of nitrogens with zero attached hydrogens (tertiary/aromatic N) is 1. The second-order valence-corrected chi connectivity index (χ2v) is 4.81. The minimum atomic E-state index is -3.96. The van der Waals surface area contributed by atoms with Crippen molar-refractivity contribution in [1.29, 1.82) is 0 Å². The van der Waals surface area contributed by atoms with Gasteiger partial charge in [-0.15, -0.1) is 0 Å². The standard InChI is InChI=1S/C7H7ClN2O4S/c1-4-2-5(15(9,13)14)3-6(7(4)8)10(11)12/h2-3H,1H3,(H2,9,13,14). The fraction of sp³-hybridized carbons (Fsp3) is 0.143.